The van der Waals surface area contributed by atoms with Gasteiger partial charge in [-0.2, -0.15) is 0 Å². The predicted octanol–water partition coefficient (Wildman–Crippen LogP) is 8.59. The van der Waals surface area contributed by atoms with E-state index in [1.165, 1.54) is 6.08 Å². The highest BCUT2D eigenvalue weighted by Crippen LogP contribution is 2.43. The molecule has 0 aliphatic heterocycles. The molecule has 46 heavy (non-hydrogen) atoms. The van der Waals surface area contributed by atoms with Crippen LogP contribution in [-0.2, 0) is 37.7 Å². The second-order valence-electron chi connectivity index (χ2n) is 17.0. The second-order valence-corrected chi connectivity index (χ2v) is 17.0. The van der Waals surface area contributed by atoms with Crippen LogP contribution in [0.1, 0.15) is 148 Å². The maximum Gasteiger partial charge on any atom is 0.243 e. The summed E-state index contributed by atoms with van der Waals surface area (Å²) in [7, 11) is 0. The van der Waals surface area contributed by atoms with Crippen LogP contribution in [0.5, 0.6) is 11.5 Å². The summed E-state index contributed by atoms with van der Waals surface area (Å²) in [4.78, 5) is 24.8. The summed E-state index contributed by atoms with van der Waals surface area (Å²) in [6.07, 6.45) is 4.60. The summed E-state index contributed by atoms with van der Waals surface area (Å²) in [5, 5.41) is 28.3. The summed E-state index contributed by atoms with van der Waals surface area (Å²) in [6.45, 7) is 29.9. The fourth-order valence-corrected chi connectivity index (χ4v) is 5.86. The Morgan fingerprint density at radius 2 is 1.13 bits per heavy atom. The maximum absolute atomic E-state index is 12.9. The Bertz CT molecular complexity index is 1310. The van der Waals surface area contributed by atoms with E-state index in [1.807, 2.05) is 12.1 Å². The lowest BCUT2D eigenvalue weighted by molar-refractivity contribution is -0.121. The lowest BCUT2D eigenvalue weighted by Crippen LogP contribution is -2.26. The van der Waals surface area contributed by atoms with Gasteiger partial charge in [0.15, 0.2) is 0 Å². The van der Waals surface area contributed by atoms with E-state index in [1.54, 1.807) is 0 Å². The number of amides is 2. The monoisotopic (exact) mass is 634 g/mol. The molecule has 0 saturated heterocycles. The standard InChI is InChI=1S/C40H62N2O4/c1-14-33(43)42-21-19-27(28-24-31(39(8,9)10)36(46)32(25-28)40(11,12)13)16-15-20-41-34(44)18-17-26-22-29(37(2,3)4)35(45)30(23-26)38(5,6)7/h14,22-25,27,45-46H,1,15-21H2,2-13H3,(H,41,44)(H,42,43). The second kappa shape index (κ2) is 15.1. The summed E-state index contributed by atoms with van der Waals surface area (Å²) in [6, 6.07) is 8.34. The van der Waals surface area contributed by atoms with Crippen molar-refractivity contribution in [3.63, 3.8) is 0 Å². The third-order valence-corrected chi connectivity index (χ3v) is 8.68. The van der Waals surface area contributed by atoms with Crippen LogP contribution in [0.4, 0.5) is 0 Å². The minimum atomic E-state index is -0.242. The molecule has 0 bridgehead atoms. The van der Waals surface area contributed by atoms with Gasteiger partial charge in [-0.05, 0) is 92.7 Å². The predicted molar refractivity (Wildman–Crippen MR) is 192 cm³/mol. The first-order valence-electron chi connectivity index (χ1n) is 16.9. The molecule has 0 aliphatic carbocycles. The van der Waals surface area contributed by atoms with E-state index in [0.29, 0.717) is 37.4 Å². The van der Waals surface area contributed by atoms with E-state index in [0.717, 1.165) is 52.6 Å². The minimum Gasteiger partial charge on any atom is -0.507 e. The van der Waals surface area contributed by atoms with Gasteiger partial charge in [-0.15, -0.1) is 0 Å². The zero-order valence-corrected chi connectivity index (χ0v) is 30.8. The molecule has 2 rings (SSSR count). The molecule has 2 aromatic rings. The highest BCUT2D eigenvalue weighted by Gasteiger charge is 2.29. The first kappa shape index (κ1) is 38.9. The molecule has 1 unspecified atom stereocenters. The third kappa shape index (κ3) is 10.9. The Morgan fingerprint density at radius 1 is 0.696 bits per heavy atom. The van der Waals surface area contributed by atoms with Gasteiger partial charge in [-0.3, -0.25) is 9.59 Å². The number of carbonyl (C=O) groups is 2. The van der Waals surface area contributed by atoms with Crippen molar-refractivity contribution in [3.8, 4) is 11.5 Å². The van der Waals surface area contributed by atoms with Crippen LogP contribution >= 0.6 is 0 Å². The molecule has 6 nitrogen and oxygen atoms in total. The number of aromatic hydroxyl groups is 2. The van der Waals surface area contributed by atoms with E-state index in [4.69, 9.17) is 0 Å². The van der Waals surface area contributed by atoms with Crippen molar-refractivity contribution < 1.29 is 19.8 Å². The summed E-state index contributed by atoms with van der Waals surface area (Å²) >= 11 is 0. The van der Waals surface area contributed by atoms with E-state index in [9.17, 15) is 19.8 Å². The van der Waals surface area contributed by atoms with Crippen LogP contribution in [0.15, 0.2) is 36.9 Å². The highest BCUT2D eigenvalue weighted by molar-refractivity contribution is 5.86. The van der Waals surface area contributed by atoms with Crippen LogP contribution in [-0.4, -0.2) is 35.1 Å². The van der Waals surface area contributed by atoms with Crippen molar-refractivity contribution in [3.05, 3.63) is 70.3 Å². The zero-order chi connectivity index (χ0) is 35.3. The highest BCUT2D eigenvalue weighted by atomic mass is 16.3. The largest absolute Gasteiger partial charge is 0.507 e. The SMILES string of the molecule is C=CC(=O)NCCC(CCCNC(=O)CCc1cc(C(C)(C)C)c(O)c(C(C)(C)C)c1)c1cc(C(C)(C)C)c(O)c(C(C)(C)C)c1. The maximum atomic E-state index is 12.9. The molecule has 0 fully saturated rings. The van der Waals surface area contributed by atoms with Crippen molar-refractivity contribution in [2.24, 2.45) is 0 Å². The molecule has 0 aliphatic rings. The average Bonchev–Trinajstić information content (AvgIpc) is 2.91. The molecule has 256 valence electrons. The van der Waals surface area contributed by atoms with Gasteiger partial charge in [0.1, 0.15) is 11.5 Å². The van der Waals surface area contributed by atoms with Crippen molar-refractivity contribution in [2.75, 3.05) is 13.1 Å². The van der Waals surface area contributed by atoms with Crippen LogP contribution in [0.3, 0.4) is 0 Å². The van der Waals surface area contributed by atoms with Gasteiger partial charge in [0.25, 0.3) is 0 Å². The fraction of sp³-hybridized carbons (Fsp3) is 0.600. The number of aryl methyl sites for hydroxylation is 1. The lowest BCUT2D eigenvalue weighted by atomic mass is 9.76. The number of hydrogen-bond acceptors (Lipinski definition) is 4. The third-order valence-electron chi connectivity index (χ3n) is 8.68. The van der Waals surface area contributed by atoms with Gasteiger partial charge in [0.2, 0.25) is 11.8 Å². The van der Waals surface area contributed by atoms with Gasteiger partial charge >= 0.3 is 0 Å². The molecule has 0 aromatic heterocycles. The van der Waals surface area contributed by atoms with E-state index >= 15 is 0 Å². The Morgan fingerprint density at radius 3 is 1.54 bits per heavy atom. The van der Waals surface area contributed by atoms with Crippen LogP contribution in [0, 0.1) is 0 Å². The quantitative estimate of drug-likeness (QED) is 0.139. The number of phenols is 2. The molecule has 6 heteroatoms. The van der Waals surface area contributed by atoms with Crippen molar-refractivity contribution in [1.82, 2.24) is 10.6 Å². The first-order valence-corrected chi connectivity index (χ1v) is 16.9. The number of rotatable bonds is 12. The average molecular weight is 635 g/mol. The Labute approximate surface area is 279 Å². The summed E-state index contributed by atoms with van der Waals surface area (Å²) in [5.41, 5.74) is 4.93. The smallest absolute Gasteiger partial charge is 0.243 e. The van der Waals surface area contributed by atoms with Crippen LogP contribution in [0.25, 0.3) is 0 Å². The van der Waals surface area contributed by atoms with Gasteiger partial charge < -0.3 is 20.8 Å². The molecule has 0 saturated carbocycles. The molecule has 2 amide bonds. The van der Waals surface area contributed by atoms with Crippen LogP contribution in [0.2, 0.25) is 0 Å². The van der Waals surface area contributed by atoms with Gasteiger partial charge in [0, 0.05) is 19.5 Å². The van der Waals surface area contributed by atoms with Gasteiger partial charge in [-0.25, -0.2) is 0 Å². The Hall–Kier alpha value is -3.28. The number of phenolic OH excluding ortho intramolecular Hbond substituents is 2. The molecule has 0 radical (unpaired) electrons. The molecule has 2 aromatic carbocycles. The molecule has 4 N–H and O–H groups in total. The number of hydrogen-bond donors (Lipinski definition) is 4. The first-order chi connectivity index (χ1) is 21.0. The summed E-state index contributed by atoms with van der Waals surface area (Å²) in [5.74, 6) is 0.651. The normalized spacial score (nSPS) is 13.3. The van der Waals surface area contributed by atoms with Crippen molar-refractivity contribution in [1.29, 1.82) is 0 Å². The van der Waals surface area contributed by atoms with E-state index in [-0.39, 0.29) is 39.4 Å². The van der Waals surface area contributed by atoms with Crippen molar-refractivity contribution in [2.45, 2.75) is 143 Å². The minimum absolute atomic E-state index is 0.00663. The van der Waals surface area contributed by atoms with Gasteiger partial charge in [-0.1, -0.05) is 114 Å². The number of benzene rings is 2. The molecular formula is C40H62N2O4. The van der Waals surface area contributed by atoms with Crippen molar-refractivity contribution >= 4 is 11.8 Å². The molecule has 0 spiro atoms. The van der Waals surface area contributed by atoms with E-state index in [2.05, 4.69) is 112 Å². The van der Waals surface area contributed by atoms with Crippen LogP contribution < -0.4 is 10.6 Å². The number of carbonyl (C=O) groups excluding carboxylic acids is 2. The molecule has 1 atom stereocenters. The zero-order valence-electron chi connectivity index (χ0n) is 30.8. The Balaban J connectivity index is 2.19. The fourth-order valence-electron chi connectivity index (χ4n) is 5.86. The summed E-state index contributed by atoms with van der Waals surface area (Å²) < 4.78 is 0. The number of nitrogens with one attached hydrogen (secondary N) is 2. The van der Waals surface area contributed by atoms with E-state index < -0.39 is 0 Å². The molecule has 0 heterocycles. The lowest BCUT2D eigenvalue weighted by Gasteiger charge is -2.30. The van der Waals surface area contributed by atoms with Gasteiger partial charge in [0.05, 0.1) is 0 Å². The Kier molecular flexibility index (Phi) is 12.8. The molecular weight excluding hydrogens is 572 g/mol. The topological polar surface area (TPSA) is 98.7 Å².